The first-order valence-electron chi connectivity index (χ1n) is 8.19. The Morgan fingerprint density at radius 1 is 1.00 bits per heavy atom. The quantitative estimate of drug-likeness (QED) is 0.541. The molecule has 3 N–H and O–H groups in total. The molecule has 3 heterocycles. The van der Waals surface area contributed by atoms with E-state index in [-0.39, 0.29) is 0 Å². The molecule has 0 saturated heterocycles. The van der Waals surface area contributed by atoms with Gasteiger partial charge < -0.3 is 15.7 Å². The zero-order chi connectivity index (χ0) is 18.3. The molecule has 0 atom stereocenters. The highest BCUT2D eigenvalue weighted by Crippen LogP contribution is 2.39. The summed E-state index contributed by atoms with van der Waals surface area (Å²) in [5.74, 6) is 1.62. The number of benzene rings is 1. The van der Waals surface area contributed by atoms with Crippen LogP contribution in [0.5, 0.6) is 11.6 Å². The molecule has 1 aromatic heterocycles. The molecular formula is C20H18N4O2. The number of nitrogens with two attached hydrogens (primary N) is 1. The third-order valence-corrected chi connectivity index (χ3v) is 4.22. The van der Waals surface area contributed by atoms with Crippen molar-refractivity contribution in [3.05, 3.63) is 66.1 Å². The van der Waals surface area contributed by atoms with Crippen LogP contribution in [0.4, 0.5) is 5.69 Å². The first-order chi connectivity index (χ1) is 12.5. The number of fused-ring (bicyclic) bond motifs is 1. The fraction of sp³-hybridized carbons (Fsp3) is 0.100. The van der Waals surface area contributed by atoms with Crippen LogP contribution in [0, 0.1) is 13.8 Å². The smallest absolute Gasteiger partial charge is 0.227 e. The number of aryl methyl sites for hydroxylation is 2. The molecule has 6 nitrogen and oxygen atoms in total. The third-order valence-electron chi connectivity index (χ3n) is 4.22. The summed E-state index contributed by atoms with van der Waals surface area (Å²) in [6.07, 6.45) is 3.22. The van der Waals surface area contributed by atoms with Crippen molar-refractivity contribution >= 4 is 5.69 Å². The number of nitrogens with zero attached hydrogens (tertiary/aromatic N) is 3. The van der Waals surface area contributed by atoms with Gasteiger partial charge >= 0.3 is 0 Å². The van der Waals surface area contributed by atoms with Crippen molar-refractivity contribution in [1.29, 1.82) is 0 Å². The maximum Gasteiger partial charge on any atom is 0.227 e. The van der Waals surface area contributed by atoms with Crippen molar-refractivity contribution in [2.75, 3.05) is 5.73 Å². The van der Waals surface area contributed by atoms with Crippen molar-refractivity contribution in [3.8, 4) is 34.1 Å². The zero-order valence-electron chi connectivity index (χ0n) is 14.5. The average Bonchev–Trinajstić information content (AvgIpc) is 3.10. The normalized spacial score (nSPS) is 11.0. The Morgan fingerprint density at radius 3 is 2.65 bits per heavy atom. The number of anilines is 1. The topological polar surface area (TPSA) is 86.2 Å². The summed E-state index contributed by atoms with van der Waals surface area (Å²) in [6, 6.07) is 13.3. The Bertz CT molecular complexity index is 1070. The zero-order valence-corrected chi connectivity index (χ0v) is 14.5. The monoisotopic (exact) mass is 346 g/mol. The van der Waals surface area contributed by atoms with Crippen molar-refractivity contribution in [3.63, 3.8) is 0 Å². The van der Waals surface area contributed by atoms with Gasteiger partial charge in [-0.1, -0.05) is 12.1 Å². The maximum atomic E-state index is 10.2. The minimum absolute atomic E-state index is 0.447. The Labute approximate surface area is 150 Å². The molecule has 0 fully saturated rings. The summed E-state index contributed by atoms with van der Waals surface area (Å²) in [7, 11) is 0. The summed E-state index contributed by atoms with van der Waals surface area (Å²) in [6.45, 7) is 3.81. The van der Waals surface area contributed by atoms with Gasteiger partial charge in [0.2, 0.25) is 5.88 Å². The molecule has 1 aromatic carbocycles. The van der Waals surface area contributed by atoms with Crippen molar-refractivity contribution in [1.82, 2.24) is 14.7 Å². The molecule has 2 aliphatic heterocycles. The number of rotatable bonds is 3. The highest BCUT2D eigenvalue weighted by molar-refractivity contribution is 5.85. The van der Waals surface area contributed by atoms with Gasteiger partial charge in [-0.15, -0.1) is 0 Å². The van der Waals surface area contributed by atoms with E-state index in [0.29, 0.717) is 28.8 Å². The van der Waals surface area contributed by atoms with E-state index in [0.717, 1.165) is 27.0 Å². The van der Waals surface area contributed by atoms with E-state index < -0.39 is 0 Å². The van der Waals surface area contributed by atoms with E-state index in [2.05, 4.69) is 9.97 Å². The first kappa shape index (κ1) is 16.0. The summed E-state index contributed by atoms with van der Waals surface area (Å²) in [5, 5.41) is 10.2. The molecule has 0 aliphatic carbocycles. The Kier molecular flexibility index (Phi) is 3.73. The molecule has 0 spiro atoms. The first-order valence-corrected chi connectivity index (χ1v) is 8.19. The number of pyridine rings is 2. The summed E-state index contributed by atoms with van der Waals surface area (Å²) < 4.78 is 7.11. The maximum absolute atomic E-state index is 10.2. The lowest BCUT2D eigenvalue weighted by molar-refractivity contribution is 0.180. The Hall–Kier alpha value is -3.54. The van der Waals surface area contributed by atoms with Gasteiger partial charge in [0, 0.05) is 22.9 Å². The molecule has 26 heavy (non-hydrogen) atoms. The molecule has 6 heteroatoms. The highest BCUT2D eigenvalue weighted by atomic mass is 16.5. The standard InChI is InChI=1S/C20H18N4O2/c1-12-4-3-5-15(8-12)26-20-18(10-14(21)11-23-20)17-9-13(2)24(25)19-16(17)6-7-22-19/h3-11,25H,21H2,1-2H3. The van der Waals surface area contributed by atoms with Crippen LogP contribution in [0.1, 0.15) is 11.3 Å². The Balaban J connectivity index is 1.89. The van der Waals surface area contributed by atoms with Crippen LogP contribution in [0.2, 0.25) is 0 Å². The Morgan fingerprint density at radius 2 is 1.85 bits per heavy atom. The lowest BCUT2D eigenvalue weighted by atomic mass is 10.0. The molecular weight excluding hydrogens is 328 g/mol. The van der Waals surface area contributed by atoms with Gasteiger partial charge in [0.25, 0.3) is 0 Å². The van der Waals surface area contributed by atoms with Gasteiger partial charge in [-0.25, -0.2) is 9.97 Å². The minimum atomic E-state index is 0.447. The number of aromatic nitrogens is 3. The van der Waals surface area contributed by atoms with Crippen LogP contribution < -0.4 is 10.5 Å². The van der Waals surface area contributed by atoms with E-state index in [1.807, 2.05) is 49.4 Å². The second kappa shape index (κ2) is 6.07. The van der Waals surface area contributed by atoms with Crippen molar-refractivity contribution in [2.45, 2.75) is 13.8 Å². The van der Waals surface area contributed by atoms with Gasteiger partial charge in [-0.2, -0.15) is 4.73 Å². The predicted molar refractivity (Wildman–Crippen MR) is 99.7 cm³/mol. The lowest BCUT2D eigenvalue weighted by Gasteiger charge is -2.16. The van der Waals surface area contributed by atoms with Crippen LogP contribution in [0.15, 0.2) is 54.9 Å². The van der Waals surface area contributed by atoms with Crippen LogP contribution in [-0.4, -0.2) is 19.9 Å². The summed E-state index contributed by atoms with van der Waals surface area (Å²) >= 11 is 0. The number of nitrogen functional groups attached to an aromatic ring is 1. The van der Waals surface area contributed by atoms with Gasteiger partial charge in [0.05, 0.1) is 17.6 Å². The number of ether oxygens (including phenoxy) is 1. The molecule has 2 aliphatic rings. The summed E-state index contributed by atoms with van der Waals surface area (Å²) in [4.78, 5) is 8.62. The lowest BCUT2D eigenvalue weighted by Crippen LogP contribution is -2.05. The fourth-order valence-electron chi connectivity index (χ4n) is 2.98. The highest BCUT2D eigenvalue weighted by Gasteiger charge is 2.20. The van der Waals surface area contributed by atoms with Gasteiger partial charge in [-0.05, 0) is 49.7 Å². The molecule has 2 aromatic rings. The molecule has 0 amide bonds. The van der Waals surface area contributed by atoms with Crippen molar-refractivity contribution < 1.29 is 9.94 Å². The number of hydrogen-bond donors (Lipinski definition) is 2. The van der Waals surface area contributed by atoms with Crippen LogP contribution in [0.25, 0.3) is 22.5 Å². The van der Waals surface area contributed by atoms with Gasteiger partial charge in [0.15, 0.2) is 5.82 Å². The van der Waals surface area contributed by atoms with E-state index in [4.69, 9.17) is 10.5 Å². The van der Waals surface area contributed by atoms with Gasteiger partial charge in [-0.3, -0.25) is 0 Å². The second-order valence-corrected chi connectivity index (χ2v) is 6.23. The molecule has 130 valence electrons. The van der Waals surface area contributed by atoms with E-state index in [1.54, 1.807) is 19.3 Å². The van der Waals surface area contributed by atoms with Crippen molar-refractivity contribution in [2.24, 2.45) is 0 Å². The van der Waals surface area contributed by atoms with Gasteiger partial charge in [0.1, 0.15) is 5.75 Å². The van der Waals surface area contributed by atoms with Crippen LogP contribution >= 0.6 is 0 Å². The van der Waals surface area contributed by atoms with Crippen LogP contribution in [-0.2, 0) is 0 Å². The SMILES string of the molecule is Cc1cccc(Oc2ncc(N)cc2-c2cc(C)n(O)c3nccc2-3)c1. The second-order valence-electron chi connectivity index (χ2n) is 6.23. The van der Waals surface area contributed by atoms with Crippen LogP contribution in [0.3, 0.4) is 0 Å². The van der Waals surface area contributed by atoms with E-state index in [1.165, 1.54) is 0 Å². The predicted octanol–water partition coefficient (Wildman–Crippen LogP) is 4.28. The third kappa shape index (κ3) is 2.71. The van der Waals surface area contributed by atoms with E-state index in [9.17, 15) is 5.21 Å². The number of hydrogen-bond acceptors (Lipinski definition) is 5. The van der Waals surface area contributed by atoms with E-state index >= 15 is 0 Å². The molecule has 0 bridgehead atoms. The average molecular weight is 346 g/mol. The molecule has 0 saturated carbocycles. The molecule has 4 rings (SSSR count). The minimum Gasteiger partial charge on any atom is -0.438 e. The largest absolute Gasteiger partial charge is 0.438 e. The molecule has 0 radical (unpaired) electrons. The fourth-order valence-corrected chi connectivity index (χ4v) is 2.98. The molecule has 0 unspecified atom stereocenters. The summed E-state index contributed by atoms with van der Waals surface area (Å²) in [5.41, 5.74) is 10.6.